The molecule has 1 N–H and O–H groups in total. The van der Waals surface area contributed by atoms with Crippen molar-refractivity contribution in [1.82, 2.24) is 34.1 Å². The molecular weight excluding hydrogens is 645 g/mol. The number of nitrogens with one attached hydrogen (secondary N) is 1. The molecule has 10 nitrogen and oxygen atoms in total. The zero-order valence-corrected chi connectivity index (χ0v) is 29.7. The van der Waals surface area contributed by atoms with E-state index in [1.54, 1.807) is 0 Å². The van der Waals surface area contributed by atoms with Crippen molar-refractivity contribution in [2.24, 2.45) is 0 Å². The summed E-state index contributed by atoms with van der Waals surface area (Å²) in [5, 5.41) is 3.25. The van der Waals surface area contributed by atoms with Gasteiger partial charge in [0, 0.05) is 44.7 Å². The van der Waals surface area contributed by atoms with Crippen molar-refractivity contribution in [3.8, 4) is 16.8 Å². The Morgan fingerprint density at radius 3 is 2.39 bits per heavy atom. The second-order valence-electron chi connectivity index (χ2n) is 14.7. The molecule has 11 heteroatoms. The van der Waals surface area contributed by atoms with Crippen LogP contribution < -0.4 is 16.6 Å². The highest BCUT2D eigenvalue weighted by molar-refractivity contribution is 5.77. The smallest absolute Gasteiger partial charge is 0.337 e. The number of fused-ring (bicyclic) bond motifs is 1. The Labute approximate surface area is 298 Å². The maximum Gasteiger partial charge on any atom is 0.337 e. The summed E-state index contributed by atoms with van der Waals surface area (Å²) in [7, 11) is 2.18. The van der Waals surface area contributed by atoms with Gasteiger partial charge in [0.05, 0.1) is 17.3 Å². The standard InChI is InChI=1S/C40H50FN7O3/c1-44-18-6-21-46(24-23-44)28-29-9-11-30(12-10-29)31-7-5-8-35(25-31)47-38-36(26-32(41)27-42-38)39(50)48(40(47)51)34-15-13-33(14-16-34)43-37(49)17-22-45-19-3-2-4-20-45/h5,7-12,25-27,33-34H,2-4,6,13-24,28H2,1H3,(H,43,49)/t33-,34+. The second kappa shape index (κ2) is 16.0. The van der Waals surface area contributed by atoms with Crippen LogP contribution in [0.25, 0.3) is 27.8 Å². The number of amides is 1. The number of aromatic nitrogens is 3. The zero-order chi connectivity index (χ0) is 35.3. The van der Waals surface area contributed by atoms with Gasteiger partial charge in [-0.25, -0.2) is 18.7 Å². The van der Waals surface area contributed by atoms with Crippen molar-refractivity contribution < 1.29 is 9.18 Å². The van der Waals surface area contributed by atoms with Gasteiger partial charge in [-0.1, -0.05) is 42.8 Å². The summed E-state index contributed by atoms with van der Waals surface area (Å²) in [6.07, 6.45) is 8.78. The lowest BCUT2D eigenvalue weighted by Crippen LogP contribution is -2.45. The van der Waals surface area contributed by atoms with E-state index in [9.17, 15) is 18.8 Å². The quantitative estimate of drug-likeness (QED) is 0.265. The van der Waals surface area contributed by atoms with E-state index in [2.05, 4.69) is 56.3 Å². The van der Waals surface area contributed by atoms with Crippen LogP contribution in [0.2, 0.25) is 0 Å². The molecule has 0 spiro atoms. The highest BCUT2D eigenvalue weighted by Crippen LogP contribution is 2.28. The Morgan fingerprint density at radius 2 is 1.61 bits per heavy atom. The molecule has 2 saturated heterocycles. The van der Waals surface area contributed by atoms with Gasteiger partial charge in [0.15, 0.2) is 5.65 Å². The molecule has 4 aromatic rings. The summed E-state index contributed by atoms with van der Waals surface area (Å²) < 4.78 is 17.3. The van der Waals surface area contributed by atoms with Gasteiger partial charge in [-0.3, -0.25) is 19.1 Å². The minimum atomic E-state index is -0.631. The predicted molar refractivity (Wildman–Crippen MR) is 199 cm³/mol. The van der Waals surface area contributed by atoms with E-state index in [1.807, 2.05) is 24.3 Å². The Morgan fingerprint density at radius 1 is 0.843 bits per heavy atom. The number of hydrogen-bond donors (Lipinski definition) is 1. The van der Waals surface area contributed by atoms with Crippen molar-refractivity contribution in [2.45, 2.75) is 76.4 Å². The fraction of sp³-hybridized carbons (Fsp3) is 0.500. The molecule has 0 atom stereocenters. The molecule has 7 rings (SSSR count). The summed E-state index contributed by atoms with van der Waals surface area (Å²) in [6, 6.07) is 17.0. The maximum atomic E-state index is 14.5. The Hall–Kier alpha value is -4.19. The lowest BCUT2D eigenvalue weighted by atomic mass is 9.90. The van der Waals surface area contributed by atoms with E-state index in [0.29, 0.717) is 37.8 Å². The van der Waals surface area contributed by atoms with Crippen molar-refractivity contribution in [2.75, 3.05) is 52.9 Å². The highest BCUT2D eigenvalue weighted by Gasteiger charge is 2.28. The Balaban J connectivity index is 1.10. The number of carbonyl (C=O) groups excluding carboxylic acids is 1. The summed E-state index contributed by atoms with van der Waals surface area (Å²) in [5.74, 6) is -0.580. The summed E-state index contributed by atoms with van der Waals surface area (Å²) in [5.41, 5.74) is 2.86. The van der Waals surface area contributed by atoms with E-state index in [4.69, 9.17) is 0 Å². The molecule has 2 aromatic carbocycles. The van der Waals surface area contributed by atoms with Crippen LogP contribution in [0.5, 0.6) is 0 Å². The topological polar surface area (TPSA) is 95.7 Å². The molecule has 1 aliphatic carbocycles. The van der Waals surface area contributed by atoms with Crippen LogP contribution in [0.4, 0.5) is 4.39 Å². The molecule has 1 saturated carbocycles. The lowest BCUT2D eigenvalue weighted by Gasteiger charge is -2.31. The normalized spacial score (nSPS) is 21.1. The molecule has 4 heterocycles. The number of carbonyl (C=O) groups is 1. The van der Waals surface area contributed by atoms with Crippen LogP contribution >= 0.6 is 0 Å². The molecule has 270 valence electrons. The van der Waals surface area contributed by atoms with E-state index in [0.717, 1.165) is 69.7 Å². The van der Waals surface area contributed by atoms with Crippen LogP contribution in [0.3, 0.4) is 0 Å². The van der Waals surface area contributed by atoms with Gasteiger partial charge in [0.1, 0.15) is 5.82 Å². The van der Waals surface area contributed by atoms with Crippen molar-refractivity contribution in [3.05, 3.63) is 93.0 Å². The van der Waals surface area contributed by atoms with Crippen LogP contribution in [-0.2, 0) is 11.3 Å². The molecule has 2 aromatic heterocycles. The SMILES string of the molecule is CN1CCCN(Cc2ccc(-c3cccc(-n4c(=O)n([C@H]5CC[C@@H](NC(=O)CCN6CCCCC6)CC5)c(=O)c5cc(F)cnc54)c3)cc2)CC1. The fourth-order valence-corrected chi connectivity index (χ4v) is 8.10. The number of piperidine rings is 1. The first-order valence-electron chi connectivity index (χ1n) is 18.8. The van der Waals surface area contributed by atoms with Crippen LogP contribution in [0, 0.1) is 5.82 Å². The number of halogens is 1. The van der Waals surface area contributed by atoms with E-state index in [1.165, 1.54) is 46.4 Å². The average molecular weight is 696 g/mol. The van der Waals surface area contributed by atoms with Gasteiger partial charge in [0.2, 0.25) is 5.91 Å². The lowest BCUT2D eigenvalue weighted by molar-refractivity contribution is -0.122. The predicted octanol–water partition coefficient (Wildman–Crippen LogP) is 4.97. The third-order valence-corrected chi connectivity index (χ3v) is 11.0. The first-order chi connectivity index (χ1) is 24.8. The van der Waals surface area contributed by atoms with Crippen molar-refractivity contribution in [3.63, 3.8) is 0 Å². The molecule has 1 amide bonds. The van der Waals surface area contributed by atoms with Gasteiger partial charge in [-0.05, 0) is 113 Å². The molecule has 0 unspecified atom stereocenters. The Kier molecular flexibility index (Phi) is 11.1. The highest BCUT2D eigenvalue weighted by atomic mass is 19.1. The van der Waals surface area contributed by atoms with Gasteiger partial charge >= 0.3 is 5.69 Å². The first-order valence-corrected chi connectivity index (χ1v) is 18.8. The molecule has 0 bridgehead atoms. The van der Waals surface area contributed by atoms with E-state index >= 15 is 0 Å². The number of hydrogen-bond acceptors (Lipinski definition) is 7. The fourth-order valence-electron chi connectivity index (χ4n) is 8.10. The molecule has 3 fully saturated rings. The first kappa shape index (κ1) is 35.2. The van der Waals surface area contributed by atoms with Crippen LogP contribution in [0.1, 0.15) is 69.4 Å². The van der Waals surface area contributed by atoms with E-state index < -0.39 is 17.1 Å². The number of nitrogens with zero attached hydrogens (tertiary/aromatic N) is 6. The van der Waals surface area contributed by atoms with Crippen LogP contribution in [0.15, 0.2) is 70.4 Å². The average Bonchev–Trinajstić information content (AvgIpc) is 3.36. The molecule has 0 radical (unpaired) electrons. The molecule has 3 aliphatic rings. The number of pyridine rings is 1. The Bertz CT molecular complexity index is 1940. The number of rotatable bonds is 9. The largest absolute Gasteiger partial charge is 0.353 e. The monoisotopic (exact) mass is 695 g/mol. The van der Waals surface area contributed by atoms with Gasteiger partial charge < -0.3 is 15.1 Å². The third-order valence-electron chi connectivity index (χ3n) is 11.0. The van der Waals surface area contributed by atoms with Gasteiger partial charge in [0.25, 0.3) is 5.56 Å². The maximum absolute atomic E-state index is 14.5. The summed E-state index contributed by atoms with van der Waals surface area (Å²) in [4.78, 5) is 52.4. The molecule has 2 aliphatic heterocycles. The van der Waals surface area contributed by atoms with Gasteiger partial charge in [-0.15, -0.1) is 0 Å². The van der Waals surface area contributed by atoms with E-state index in [-0.39, 0.29) is 29.0 Å². The number of likely N-dealkylation sites (tertiary alicyclic amines) is 1. The van der Waals surface area contributed by atoms with Gasteiger partial charge in [-0.2, -0.15) is 0 Å². The van der Waals surface area contributed by atoms with Crippen molar-refractivity contribution in [1.29, 1.82) is 0 Å². The second-order valence-corrected chi connectivity index (χ2v) is 14.7. The molecular formula is C40H50FN7O3. The van der Waals surface area contributed by atoms with Crippen LogP contribution in [-0.4, -0.2) is 93.6 Å². The summed E-state index contributed by atoms with van der Waals surface area (Å²) in [6.45, 7) is 8.16. The minimum Gasteiger partial charge on any atom is -0.353 e. The zero-order valence-electron chi connectivity index (χ0n) is 29.7. The minimum absolute atomic E-state index is 0.00160. The summed E-state index contributed by atoms with van der Waals surface area (Å²) >= 11 is 0. The van der Waals surface area contributed by atoms with Crippen molar-refractivity contribution >= 4 is 16.9 Å². The third kappa shape index (κ3) is 8.32. The number of likely N-dealkylation sites (N-methyl/N-ethyl adjacent to an activating group) is 1. The number of benzene rings is 2. The molecule has 51 heavy (non-hydrogen) atoms.